The first-order valence-corrected chi connectivity index (χ1v) is 12.7. The molecule has 3 saturated carbocycles. The number of carbonyl (C=O) groups excluding carboxylic acids is 1. The summed E-state index contributed by atoms with van der Waals surface area (Å²) in [5.41, 5.74) is 1.38. The SMILES string of the molecule is CC1(C)CCC2(CO)CCC3C(C(O)C=C4C5(C)C=C(C#N)C(=O)CC5CCC43C)C2C1. The number of fused-ring (bicyclic) bond motifs is 7. The molecule has 0 aromatic rings. The molecule has 32 heavy (non-hydrogen) atoms. The Morgan fingerprint density at radius 3 is 2.53 bits per heavy atom. The average molecular weight is 438 g/mol. The highest BCUT2D eigenvalue weighted by atomic mass is 16.3. The predicted molar refractivity (Wildman–Crippen MR) is 123 cm³/mol. The van der Waals surface area contributed by atoms with Gasteiger partial charge in [-0.2, -0.15) is 5.26 Å². The summed E-state index contributed by atoms with van der Waals surface area (Å²) in [6.45, 7) is 9.50. The summed E-state index contributed by atoms with van der Waals surface area (Å²) >= 11 is 0. The van der Waals surface area contributed by atoms with Crippen molar-refractivity contribution in [2.75, 3.05) is 6.61 Å². The molecule has 0 bridgehead atoms. The van der Waals surface area contributed by atoms with Gasteiger partial charge in [-0.15, -0.1) is 0 Å². The second-order valence-electron chi connectivity index (χ2n) is 13.0. The summed E-state index contributed by atoms with van der Waals surface area (Å²) in [4.78, 5) is 12.5. The maximum atomic E-state index is 12.5. The molecule has 0 amide bonds. The van der Waals surface area contributed by atoms with Crippen molar-refractivity contribution >= 4 is 5.78 Å². The fraction of sp³-hybridized carbons (Fsp3) is 0.786. The molecule has 0 spiro atoms. The predicted octanol–water partition coefficient (Wildman–Crippen LogP) is 4.96. The van der Waals surface area contributed by atoms with E-state index in [4.69, 9.17) is 0 Å². The van der Waals surface area contributed by atoms with Gasteiger partial charge in [0, 0.05) is 18.4 Å². The summed E-state index contributed by atoms with van der Waals surface area (Å²) < 4.78 is 0. The molecular weight excluding hydrogens is 398 g/mol. The van der Waals surface area contributed by atoms with E-state index in [0.717, 1.165) is 44.9 Å². The van der Waals surface area contributed by atoms with E-state index in [1.807, 2.05) is 6.08 Å². The maximum Gasteiger partial charge on any atom is 0.173 e. The van der Waals surface area contributed by atoms with E-state index in [1.54, 1.807) is 0 Å². The average Bonchev–Trinajstić information content (AvgIpc) is 2.75. The van der Waals surface area contributed by atoms with Crippen molar-refractivity contribution in [3.05, 3.63) is 23.3 Å². The van der Waals surface area contributed by atoms with E-state index < -0.39 is 6.10 Å². The second-order valence-corrected chi connectivity index (χ2v) is 13.0. The monoisotopic (exact) mass is 437 g/mol. The molecule has 3 fully saturated rings. The number of allylic oxidation sites excluding steroid dienone is 3. The van der Waals surface area contributed by atoms with Gasteiger partial charge in [0.05, 0.1) is 11.7 Å². The van der Waals surface area contributed by atoms with Gasteiger partial charge in [-0.05, 0) is 84.9 Å². The molecule has 8 atom stereocenters. The summed E-state index contributed by atoms with van der Waals surface area (Å²) in [6.07, 6.45) is 11.4. The van der Waals surface area contributed by atoms with Crippen molar-refractivity contribution in [3.8, 4) is 6.07 Å². The van der Waals surface area contributed by atoms with E-state index in [9.17, 15) is 20.3 Å². The van der Waals surface area contributed by atoms with E-state index in [2.05, 4.69) is 39.8 Å². The lowest BCUT2D eigenvalue weighted by Crippen LogP contribution is -2.60. The summed E-state index contributed by atoms with van der Waals surface area (Å²) in [7, 11) is 0. The molecule has 0 radical (unpaired) electrons. The van der Waals surface area contributed by atoms with Crippen molar-refractivity contribution < 1.29 is 15.0 Å². The molecule has 0 aliphatic heterocycles. The Balaban J connectivity index is 1.61. The number of rotatable bonds is 1. The smallest absolute Gasteiger partial charge is 0.173 e. The minimum Gasteiger partial charge on any atom is -0.396 e. The van der Waals surface area contributed by atoms with Crippen LogP contribution in [0, 0.1) is 56.7 Å². The first kappa shape index (κ1) is 22.4. The first-order chi connectivity index (χ1) is 15.0. The largest absolute Gasteiger partial charge is 0.396 e. The van der Waals surface area contributed by atoms with Crippen LogP contribution in [-0.2, 0) is 4.79 Å². The minimum absolute atomic E-state index is 0.0248. The number of hydrogen-bond donors (Lipinski definition) is 2. The topological polar surface area (TPSA) is 81.3 Å². The molecule has 0 heterocycles. The Kier molecular flexibility index (Phi) is 4.91. The summed E-state index contributed by atoms with van der Waals surface area (Å²) in [5.74, 6) is 1.08. The highest BCUT2D eigenvalue weighted by Gasteiger charge is 2.63. The number of aliphatic hydroxyl groups is 2. The molecule has 0 aromatic heterocycles. The fourth-order valence-electron chi connectivity index (χ4n) is 9.05. The molecule has 4 heteroatoms. The molecular formula is C28H39NO3. The summed E-state index contributed by atoms with van der Waals surface area (Å²) in [5, 5.41) is 31.7. The van der Waals surface area contributed by atoms with Crippen LogP contribution in [0.1, 0.15) is 79.1 Å². The van der Waals surface area contributed by atoms with Crippen LogP contribution in [0.25, 0.3) is 0 Å². The number of ketones is 1. The lowest BCUT2D eigenvalue weighted by atomic mass is 9.40. The van der Waals surface area contributed by atoms with Crippen LogP contribution in [0.2, 0.25) is 0 Å². The number of carbonyl (C=O) groups is 1. The Bertz CT molecular complexity index is 941. The second kappa shape index (κ2) is 7.03. The Hall–Kier alpha value is -1.44. The first-order valence-electron chi connectivity index (χ1n) is 12.7. The van der Waals surface area contributed by atoms with Crippen LogP contribution in [0.3, 0.4) is 0 Å². The lowest BCUT2D eigenvalue weighted by Gasteiger charge is -2.65. The van der Waals surface area contributed by atoms with Crippen LogP contribution in [-0.4, -0.2) is 28.7 Å². The molecule has 5 aliphatic carbocycles. The van der Waals surface area contributed by atoms with E-state index in [0.29, 0.717) is 23.8 Å². The number of nitriles is 1. The Morgan fingerprint density at radius 2 is 1.84 bits per heavy atom. The lowest BCUT2D eigenvalue weighted by molar-refractivity contribution is -0.151. The van der Waals surface area contributed by atoms with Crippen LogP contribution in [0.15, 0.2) is 23.3 Å². The van der Waals surface area contributed by atoms with Gasteiger partial charge in [0.2, 0.25) is 0 Å². The van der Waals surface area contributed by atoms with E-state index in [-0.39, 0.29) is 45.9 Å². The van der Waals surface area contributed by atoms with Crippen molar-refractivity contribution in [2.24, 2.45) is 45.3 Å². The highest BCUT2D eigenvalue weighted by Crippen LogP contribution is 2.69. The molecule has 0 aromatic carbocycles. The number of nitrogens with zero attached hydrogens (tertiary/aromatic N) is 1. The van der Waals surface area contributed by atoms with Crippen molar-refractivity contribution in [2.45, 2.75) is 85.2 Å². The molecule has 174 valence electrons. The van der Waals surface area contributed by atoms with Gasteiger partial charge >= 0.3 is 0 Å². The Labute approximate surface area is 192 Å². The third-order valence-corrected chi connectivity index (χ3v) is 11.0. The van der Waals surface area contributed by atoms with Crippen molar-refractivity contribution in [3.63, 3.8) is 0 Å². The minimum atomic E-state index is -0.527. The molecule has 8 unspecified atom stereocenters. The molecule has 0 saturated heterocycles. The zero-order valence-electron chi connectivity index (χ0n) is 20.2. The van der Waals surface area contributed by atoms with Gasteiger partial charge in [-0.3, -0.25) is 4.79 Å². The number of hydrogen-bond acceptors (Lipinski definition) is 4. The van der Waals surface area contributed by atoms with E-state index in [1.165, 1.54) is 5.57 Å². The standard InChI is InChI=1S/C28H39NO3/c1-25(2)9-10-28(16-30)8-6-19-24(20(28)14-25)22(32)12-23-26(19,3)7-5-18-11-21(31)17(15-29)13-27(18,23)4/h12-13,18-20,22,24,30,32H,5-11,14,16H2,1-4H3. The Morgan fingerprint density at radius 1 is 1.09 bits per heavy atom. The molecule has 5 rings (SSSR count). The molecule has 4 nitrogen and oxygen atoms in total. The molecule has 2 N–H and O–H groups in total. The quantitative estimate of drug-likeness (QED) is 0.568. The maximum absolute atomic E-state index is 12.5. The van der Waals surface area contributed by atoms with Crippen LogP contribution in [0.4, 0.5) is 0 Å². The third kappa shape index (κ3) is 2.90. The van der Waals surface area contributed by atoms with Crippen LogP contribution in [0.5, 0.6) is 0 Å². The number of aliphatic hydroxyl groups excluding tert-OH is 2. The number of Topliss-reactive ketones (excluding diaryl/α,β-unsaturated/α-hetero) is 1. The summed E-state index contributed by atoms with van der Waals surface area (Å²) in [6, 6.07) is 2.14. The van der Waals surface area contributed by atoms with Gasteiger partial charge in [-0.25, -0.2) is 0 Å². The van der Waals surface area contributed by atoms with Gasteiger partial charge in [0.25, 0.3) is 0 Å². The highest BCUT2D eigenvalue weighted by molar-refractivity contribution is 6.00. The zero-order chi connectivity index (χ0) is 23.1. The van der Waals surface area contributed by atoms with Crippen molar-refractivity contribution in [1.29, 1.82) is 5.26 Å². The van der Waals surface area contributed by atoms with Crippen LogP contribution < -0.4 is 0 Å². The van der Waals surface area contributed by atoms with Gasteiger partial charge in [-0.1, -0.05) is 45.4 Å². The van der Waals surface area contributed by atoms with Gasteiger partial charge < -0.3 is 10.2 Å². The molecule has 5 aliphatic rings. The van der Waals surface area contributed by atoms with Gasteiger partial charge in [0.15, 0.2) is 5.78 Å². The van der Waals surface area contributed by atoms with Gasteiger partial charge in [0.1, 0.15) is 6.07 Å². The fourth-order valence-corrected chi connectivity index (χ4v) is 9.05. The normalized spacial score (nSPS) is 49.4. The van der Waals surface area contributed by atoms with Crippen LogP contribution >= 0.6 is 0 Å². The zero-order valence-corrected chi connectivity index (χ0v) is 20.2. The van der Waals surface area contributed by atoms with Crippen molar-refractivity contribution in [1.82, 2.24) is 0 Å². The van der Waals surface area contributed by atoms with E-state index >= 15 is 0 Å². The third-order valence-electron chi connectivity index (χ3n) is 11.0.